The monoisotopic (exact) mass is 361 g/mol. The van der Waals surface area contributed by atoms with Crippen molar-refractivity contribution in [1.82, 2.24) is 25.0 Å². The van der Waals surface area contributed by atoms with Crippen LogP contribution in [0.25, 0.3) is 22.3 Å². The summed E-state index contributed by atoms with van der Waals surface area (Å²) in [5.74, 6) is 1.71. The number of hydrogen-bond donors (Lipinski definition) is 1. The van der Waals surface area contributed by atoms with E-state index in [2.05, 4.69) is 25.0 Å². The van der Waals surface area contributed by atoms with Gasteiger partial charge in [-0.1, -0.05) is 54.5 Å². The maximum absolute atomic E-state index is 12.2. The normalized spacial score (nSPS) is 11.3. The van der Waals surface area contributed by atoms with Crippen LogP contribution in [0, 0.1) is 0 Å². The molecular weight excluding hydrogens is 342 g/mol. The van der Waals surface area contributed by atoms with Crippen LogP contribution in [-0.4, -0.2) is 31.6 Å². The fourth-order valence-corrected chi connectivity index (χ4v) is 2.92. The Kier molecular flexibility index (Phi) is 4.76. The highest BCUT2D eigenvalue weighted by atomic mass is 16.5. The summed E-state index contributed by atoms with van der Waals surface area (Å²) in [5, 5.41) is 4.64. The van der Waals surface area contributed by atoms with E-state index < -0.39 is 0 Å². The van der Waals surface area contributed by atoms with Crippen molar-refractivity contribution in [2.45, 2.75) is 20.0 Å². The lowest BCUT2D eigenvalue weighted by Crippen LogP contribution is -2.25. The van der Waals surface area contributed by atoms with E-state index in [0.717, 1.165) is 12.1 Å². The molecule has 0 saturated carbocycles. The van der Waals surface area contributed by atoms with Gasteiger partial charge in [0.15, 0.2) is 0 Å². The minimum absolute atomic E-state index is 0.129. The summed E-state index contributed by atoms with van der Waals surface area (Å²) < 4.78 is 5.39. The molecule has 0 aliphatic heterocycles. The third-order valence-corrected chi connectivity index (χ3v) is 4.34. The summed E-state index contributed by atoms with van der Waals surface area (Å²) in [7, 11) is 0. The average molecular weight is 361 g/mol. The molecular formula is C20H19N5O2. The summed E-state index contributed by atoms with van der Waals surface area (Å²) >= 11 is 0. The SMILES string of the molecule is CCN(Cc1nc2ccccc2c(=O)[nH]1)Cc1nc(-c2ccccc2)no1. The van der Waals surface area contributed by atoms with Crippen LogP contribution in [0.2, 0.25) is 0 Å². The van der Waals surface area contributed by atoms with Crippen molar-refractivity contribution in [2.24, 2.45) is 0 Å². The van der Waals surface area contributed by atoms with Gasteiger partial charge in [-0.25, -0.2) is 4.98 Å². The number of nitrogens with one attached hydrogen (secondary N) is 1. The molecule has 0 radical (unpaired) electrons. The first-order valence-electron chi connectivity index (χ1n) is 8.81. The summed E-state index contributed by atoms with van der Waals surface area (Å²) in [6, 6.07) is 17.0. The lowest BCUT2D eigenvalue weighted by Gasteiger charge is -2.17. The fraction of sp³-hybridized carbons (Fsp3) is 0.200. The van der Waals surface area contributed by atoms with E-state index in [1.165, 1.54) is 0 Å². The summed E-state index contributed by atoms with van der Waals surface area (Å²) in [5.41, 5.74) is 1.48. The van der Waals surface area contributed by atoms with Crippen molar-refractivity contribution in [1.29, 1.82) is 0 Å². The van der Waals surface area contributed by atoms with Crippen molar-refractivity contribution in [3.05, 3.63) is 76.7 Å². The lowest BCUT2D eigenvalue weighted by atomic mass is 10.2. The smallest absolute Gasteiger partial charge is 0.258 e. The molecule has 2 heterocycles. The van der Waals surface area contributed by atoms with E-state index in [1.54, 1.807) is 6.07 Å². The van der Waals surface area contributed by atoms with Crippen molar-refractivity contribution < 1.29 is 4.52 Å². The van der Waals surface area contributed by atoms with Gasteiger partial charge in [0.25, 0.3) is 5.56 Å². The van der Waals surface area contributed by atoms with E-state index in [-0.39, 0.29) is 5.56 Å². The summed E-state index contributed by atoms with van der Waals surface area (Å²) in [6.45, 7) is 3.75. The first-order valence-corrected chi connectivity index (χ1v) is 8.81. The predicted octanol–water partition coefficient (Wildman–Crippen LogP) is 3.00. The fourth-order valence-electron chi connectivity index (χ4n) is 2.92. The van der Waals surface area contributed by atoms with E-state index in [4.69, 9.17) is 4.52 Å². The number of fused-ring (bicyclic) bond motifs is 1. The molecule has 0 atom stereocenters. The first-order chi connectivity index (χ1) is 13.2. The van der Waals surface area contributed by atoms with E-state index in [9.17, 15) is 4.79 Å². The second-order valence-electron chi connectivity index (χ2n) is 6.21. The molecule has 7 heteroatoms. The van der Waals surface area contributed by atoms with Gasteiger partial charge < -0.3 is 9.51 Å². The molecule has 0 aliphatic rings. The highest BCUT2D eigenvalue weighted by Gasteiger charge is 2.14. The van der Waals surface area contributed by atoms with Crippen LogP contribution in [0.4, 0.5) is 0 Å². The molecule has 1 N–H and O–H groups in total. The van der Waals surface area contributed by atoms with Crippen molar-refractivity contribution in [3.63, 3.8) is 0 Å². The Morgan fingerprint density at radius 1 is 1.00 bits per heavy atom. The van der Waals surface area contributed by atoms with Crippen LogP contribution in [0.15, 0.2) is 63.9 Å². The van der Waals surface area contributed by atoms with Gasteiger partial charge in [0.1, 0.15) is 5.82 Å². The number of aromatic amines is 1. The predicted molar refractivity (Wildman–Crippen MR) is 102 cm³/mol. The number of aromatic nitrogens is 4. The minimum atomic E-state index is -0.129. The Morgan fingerprint density at radius 3 is 2.59 bits per heavy atom. The highest BCUT2D eigenvalue weighted by molar-refractivity contribution is 5.77. The van der Waals surface area contributed by atoms with Gasteiger partial charge >= 0.3 is 0 Å². The standard InChI is InChI=1S/C20H19N5O2/c1-2-25(12-17-21-16-11-7-6-10-15(16)20(26)22-17)13-18-23-19(24-27-18)14-8-4-3-5-9-14/h3-11H,2,12-13H2,1H3,(H,21,22,26). The number of benzene rings is 2. The Balaban J connectivity index is 1.52. The molecule has 4 aromatic rings. The largest absolute Gasteiger partial charge is 0.338 e. The number of para-hydroxylation sites is 1. The van der Waals surface area contributed by atoms with Gasteiger partial charge in [0, 0.05) is 5.56 Å². The lowest BCUT2D eigenvalue weighted by molar-refractivity contribution is 0.224. The van der Waals surface area contributed by atoms with Crippen LogP contribution in [0.3, 0.4) is 0 Å². The van der Waals surface area contributed by atoms with E-state index >= 15 is 0 Å². The Labute approximate surface area is 155 Å². The zero-order chi connectivity index (χ0) is 18.6. The van der Waals surface area contributed by atoms with Crippen LogP contribution < -0.4 is 5.56 Å². The molecule has 2 aromatic heterocycles. The van der Waals surface area contributed by atoms with Crippen molar-refractivity contribution in [2.75, 3.05) is 6.54 Å². The van der Waals surface area contributed by atoms with Gasteiger partial charge in [0.05, 0.1) is 24.0 Å². The highest BCUT2D eigenvalue weighted by Crippen LogP contribution is 2.16. The summed E-state index contributed by atoms with van der Waals surface area (Å²) in [6.07, 6.45) is 0. The van der Waals surface area contributed by atoms with Crippen LogP contribution >= 0.6 is 0 Å². The number of rotatable bonds is 6. The molecule has 136 valence electrons. The molecule has 0 aliphatic carbocycles. The number of hydrogen-bond acceptors (Lipinski definition) is 6. The molecule has 2 aromatic carbocycles. The maximum Gasteiger partial charge on any atom is 0.258 e. The molecule has 0 unspecified atom stereocenters. The topological polar surface area (TPSA) is 87.9 Å². The average Bonchev–Trinajstić information content (AvgIpc) is 3.17. The molecule has 7 nitrogen and oxygen atoms in total. The van der Waals surface area contributed by atoms with Crippen LogP contribution in [-0.2, 0) is 13.1 Å². The van der Waals surface area contributed by atoms with Crippen molar-refractivity contribution >= 4 is 10.9 Å². The van der Waals surface area contributed by atoms with Crippen LogP contribution in [0.5, 0.6) is 0 Å². The second kappa shape index (κ2) is 7.51. The molecule has 0 fully saturated rings. The quantitative estimate of drug-likeness (QED) is 0.568. The van der Waals surface area contributed by atoms with Gasteiger partial charge in [-0.15, -0.1) is 0 Å². The third-order valence-electron chi connectivity index (χ3n) is 4.34. The third kappa shape index (κ3) is 3.78. The summed E-state index contributed by atoms with van der Waals surface area (Å²) in [4.78, 5) is 26.2. The molecule has 0 saturated heterocycles. The molecule has 0 spiro atoms. The zero-order valence-corrected chi connectivity index (χ0v) is 14.9. The van der Waals surface area contributed by atoms with Crippen LogP contribution in [0.1, 0.15) is 18.6 Å². The number of nitrogens with zero attached hydrogens (tertiary/aromatic N) is 4. The van der Waals surface area contributed by atoms with Gasteiger partial charge in [0.2, 0.25) is 11.7 Å². The Hall–Kier alpha value is -3.32. The second-order valence-corrected chi connectivity index (χ2v) is 6.21. The number of H-pyrrole nitrogens is 1. The van der Waals surface area contributed by atoms with E-state index in [0.29, 0.717) is 41.5 Å². The molecule has 0 bridgehead atoms. The zero-order valence-electron chi connectivity index (χ0n) is 14.9. The minimum Gasteiger partial charge on any atom is -0.338 e. The molecule has 4 rings (SSSR count). The Bertz CT molecular complexity index is 1100. The molecule has 27 heavy (non-hydrogen) atoms. The van der Waals surface area contributed by atoms with Gasteiger partial charge in [-0.05, 0) is 18.7 Å². The first kappa shape index (κ1) is 17.1. The molecule has 0 amide bonds. The van der Waals surface area contributed by atoms with Gasteiger partial charge in [-0.2, -0.15) is 4.98 Å². The van der Waals surface area contributed by atoms with E-state index in [1.807, 2.05) is 55.5 Å². The van der Waals surface area contributed by atoms with Gasteiger partial charge in [-0.3, -0.25) is 9.69 Å². The van der Waals surface area contributed by atoms with Crippen molar-refractivity contribution in [3.8, 4) is 11.4 Å². The Morgan fingerprint density at radius 2 is 1.78 bits per heavy atom. The maximum atomic E-state index is 12.2.